The van der Waals surface area contributed by atoms with Gasteiger partial charge in [-0.25, -0.2) is 4.98 Å². The van der Waals surface area contributed by atoms with Crippen molar-refractivity contribution in [3.63, 3.8) is 0 Å². The minimum Gasteiger partial charge on any atom is -0.322 e. The number of anilines is 1. The number of nitrogens with zero attached hydrogens (tertiary/aromatic N) is 1. The van der Waals surface area contributed by atoms with Crippen LogP contribution in [0.5, 0.6) is 0 Å². The molecule has 0 unspecified atom stereocenters. The summed E-state index contributed by atoms with van der Waals surface area (Å²) in [6.45, 7) is 1.97. The van der Waals surface area contributed by atoms with E-state index in [1.807, 2.05) is 31.2 Å². The van der Waals surface area contributed by atoms with Gasteiger partial charge in [0.1, 0.15) is 0 Å². The summed E-state index contributed by atoms with van der Waals surface area (Å²) in [6.07, 6.45) is 0. The summed E-state index contributed by atoms with van der Waals surface area (Å²) >= 11 is 9.79. The summed E-state index contributed by atoms with van der Waals surface area (Å²) < 4.78 is 1.98. The molecule has 0 saturated carbocycles. The van der Waals surface area contributed by atoms with E-state index in [2.05, 4.69) is 32.9 Å². The van der Waals surface area contributed by atoms with Gasteiger partial charge in [-0.05, 0) is 65.9 Å². The largest absolute Gasteiger partial charge is 0.322 e. The Kier molecular flexibility index (Phi) is 4.14. The van der Waals surface area contributed by atoms with Crippen LogP contribution in [-0.4, -0.2) is 10.9 Å². The molecule has 0 saturated heterocycles. The maximum absolute atomic E-state index is 12.2. The normalized spacial score (nSPS) is 10.8. The number of nitrogens with one attached hydrogen (secondary N) is 1. The van der Waals surface area contributed by atoms with E-state index in [9.17, 15) is 4.79 Å². The Bertz CT molecular complexity index is 847. The Labute approximate surface area is 144 Å². The van der Waals surface area contributed by atoms with Gasteiger partial charge in [0.05, 0.1) is 20.2 Å². The average molecular weight is 429 g/mol. The quantitative estimate of drug-likeness (QED) is 0.576. The van der Waals surface area contributed by atoms with Gasteiger partial charge in [-0.2, -0.15) is 0 Å². The molecule has 3 rings (SSSR count). The standard InChI is InChI=1S/C15H10ClIN2OS/c1-8-18-13-5-3-10(7-14(13)21-8)19-15(20)9-2-4-12(17)11(16)6-9/h2-7H,1H3,(H,19,20). The Morgan fingerprint density at radius 1 is 1.29 bits per heavy atom. The first-order valence-electron chi connectivity index (χ1n) is 6.16. The molecule has 6 heteroatoms. The third-order valence-electron chi connectivity index (χ3n) is 2.94. The second-order valence-corrected chi connectivity index (χ2v) is 7.30. The van der Waals surface area contributed by atoms with Gasteiger partial charge >= 0.3 is 0 Å². The van der Waals surface area contributed by atoms with Gasteiger partial charge in [-0.15, -0.1) is 11.3 Å². The number of thiazole rings is 1. The first kappa shape index (κ1) is 14.7. The number of carbonyl (C=O) groups is 1. The Morgan fingerprint density at radius 2 is 2.10 bits per heavy atom. The average Bonchev–Trinajstić information content (AvgIpc) is 2.81. The molecule has 0 atom stereocenters. The molecule has 106 valence electrons. The van der Waals surface area contributed by atoms with Crippen LogP contribution in [0, 0.1) is 10.5 Å². The van der Waals surface area contributed by atoms with Gasteiger partial charge in [0.25, 0.3) is 5.91 Å². The molecule has 1 aromatic heterocycles. The zero-order chi connectivity index (χ0) is 15.0. The van der Waals surface area contributed by atoms with Gasteiger partial charge in [0, 0.05) is 14.8 Å². The number of benzene rings is 2. The van der Waals surface area contributed by atoms with E-state index in [1.165, 1.54) is 0 Å². The zero-order valence-electron chi connectivity index (χ0n) is 11.0. The van der Waals surface area contributed by atoms with Crippen molar-refractivity contribution < 1.29 is 4.79 Å². The number of rotatable bonds is 2. The predicted octanol–water partition coefficient (Wildman–Crippen LogP) is 5.12. The highest BCUT2D eigenvalue weighted by Crippen LogP contribution is 2.25. The summed E-state index contributed by atoms with van der Waals surface area (Å²) in [5.74, 6) is -0.172. The molecular weight excluding hydrogens is 419 g/mol. The highest BCUT2D eigenvalue weighted by Gasteiger charge is 2.09. The van der Waals surface area contributed by atoms with Crippen molar-refractivity contribution in [2.24, 2.45) is 0 Å². The second-order valence-electron chi connectivity index (χ2n) is 4.50. The summed E-state index contributed by atoms with van der Waals surface area (Å²) in [5.41, 5.74) is 2.25. The molecule has 0 aliphatic carbocycles. The fourth-order valence-electron chi connectivity index (χ4n) is 1.96. The lowest BCUT2D eigenvalue weighted by Crippen LogP contribution is -2.11. The third kappa shape index (κ3) is 3.20. The van der Waals surface area contributed by atoms with Crippen molar-refractivity contribution in [1.29, 1.82) is 0 Å². The smallest absolute Gasteiger partial charge is 0.255 e. The maximum atomic E-state index is 12.2. The van der Waals surface area contributed by atoms with Gasteiger partial charge in [-0.3, -0.25) is 4.79 Å². The summed E-state index contributed by atoms with van der Waals surface area (Å²) in [7, 11) is 0. The van der Waals surface area contributed by atoms with Crippen molar-refractivity contribution in [1.82, 2.24) is 4.98 Å². The minimum absolute atomic E-state index is 0.172. The van der Waals surface area contributed by atoms with E-state index < -0.39 is 0 Å². The van der Waals surface area contributed by atoms with Crippen molar-refractivity contribution >= 4 is 67.3 Å². The van der Waals surface area contributed by atoms with Crippen LogP contribution >= 0.6 is 45.5 Å². The van der Waals surface area contributed by atoms with E-state index in [0.717, 1.165) is 24.5 Å². The lowest BCUT2D eigenvalue weighted by molar-refractivity contribution is 0.102. The summed E-state index contributed by atoms with van der Waals surface area (Å²) in [5, 5.41) is 4.48. The first-order chi connectivity index (χ1) is 10.0. The molecule has 0 radical (unpaired) electrons. The van der Waals surface area contributed by atoms with Crippen LogP contribution in [0.15, 0.2) is 36.4 Å². The lowest BCUT2D eigenvalue weighted by atomic mass is 10.2. The molecule has 0 fully saturated rings. The number of carbonyl (C=O) groups excluding carboxylic acids is 1. The monoisotopic (exact) mass is 428 g/mol. The third-order valence-corrected chi connectivity index (χ3v) is 5.44. The number of hydrogen-bond donors (Lipinski definition) is 1. The van der Waals surface area contributed by atoms with E-state index in [0.29, 0.717) is 10.6 Å². The maximum Gasteiger partial charge on any atom is 0.255 e. The topological polar surface area (TPSA) is 42.0 Å². The molecule has 2 aromatic carbocycles. The predicted molar refractivity (Wildman–Crippen MR) is 96.5 cm³/mol. The SMILES string of the molecule is Cc1nc2ccc(NC(=O)c3ccc(I)c(Cl)c3)cc2s1. The Balaban J connectivity index is 1.86. The molecule has 0 bridgehead atoms. The van der Waals surface area contributed by atoms with E-state index >= 15 is 0 Å². The fourth-order valence-corrected chi connectivity index (χ4v) is 3.34. The van der Waals surface area contributed by atoms with E-state index in [-0.39, 0.29) is 5.91 Å². The molecule has 3 aromatic rings. The van der Waals surface area contributed by atoms with Crippen LogP contribution in [0.3, 0.4) is 0 Å². The van der Waals surface area contributed by atoms with E-state index in [4.69, 9.17) is 11.6 Å². The van der Waals surface area contributed by atoms with E-state index in [1.54, 1.807) is 23.5 Å². The molecule has 0 spiro atoms. The van der Waals surface area contributed by atoms with Crippen LogP contribution in [-0.2, 0) is 0 Å². The molecule has 1 N–H and O–H groups in total. The number of aromatic nitrogens is 1. The van der Waals surface area contributed by atoms with Crippen molar-refractivity contribution in [3.8, 4) is 0 Å². The van der Waals surface area contributed by atoms with Gasteiger partial charge in [-0.1, -0.05) is 11.6 Å². The first-order valence-corrected chi connectivity index (χ1v) is 8.44. The molecule has 1 amide bonds. The molecule has 0 aliphatic rings. The molecule has 1 heterocycles. The summed E-state index contributed by atoms with van der Waals surface area (Å²) in [4.78, 5) is 16.6. The molecule has 21 heavy (non-hydrogen) atoms. The van der Waals surface area contributed by atoms with Crippen LogP contribution in [0.2, 0.25) is 5.02 Å². The molecule has 0 aliphatic heterocycles. The molecule has 3 nitrogen and oxygen atoms in total. The Hall–Kier alpha value is -1.18. The van der Waals surface area contributed by atoms with Crippen molar-refractivity contribution in [2.45, 2.75) is 6.92 Å². The lowest BCUT2D eigenvalue weighted by Gasteiger charge is -2.06. The van der Waals surface area contributed by atoms with Gasteiger partial charge in [0.2, 0.25) is 0 Å². The van der Waals surface area contributed by atoms with Crippen molar-refractivity contribution in [3.05, 3.63) is 55.6 Å². The fraction of sp³-hybridized carbons (Fsp3) is 0.0667. The summed E-state index contributed by atoms with van der Waals surface area (Å²) in [6, 6.07) is 11.0. The van der Waals surface area contributed by atoms with Crippen LogP contribution in [0.4, 0.5) is 5.69 Å². The number of amides is 1. The minimum atomic E-state index is -0.172. The Morgan fingerprint density at radius 3 is 2.86 bits per heavy atom. The van der Waals surface area contributed by atoms with Crippen LogP contribution in [0.25, 0.3) is 10.2 Å². The van der Waals surface area contributed by atoms with Crippen molar-refractivity contribution in [2.75, 3.05) is 5.32 Å². The van der Waals surface area contributed by atoms with Crippen LogP contribution in [0.1, 0.15) is 15.4 Å². The molecular formula is C15H10ClIN2OS. The highest BCUT2D eigenvalue weighted by molar-refractivity contribution is 14.1. The number of hydrogen-bond acceptors (Lipinski definition) is 3. The zero-order valence-corrected chi connectivity index (χ0v) is 14.7. The number of aryl methyl sites for hydroxylation is 1. The highest BCUT2D eigenvalue weighted by atomic mass is 127. The van der Waals surface area contributed by atoms with Gasteiger partial charge in [0.15, 0.2) is 0 Å². The number of fused-ring (bicyclic) bond motifs is 1. The van der Waals surface area contributed by atoms with Gasteiger partial charge < -0.3 is 5.32 Å². The van der Waals surface area contributed by atoms with Crippen LogP contribution < -0.4 is 5.32 Å². The second kappa shape index (κ2) is 5.90. The number of halogens is 2.